The Kier molecular flexibility index (Phi) is 7.23. The Bertz CT molecular complexity index is 1530. The first kappa shape index (κ1) is 25.9. The van der Waals surface area contributed by atoms with Crippen LogP contribution >= 0.6 is 11.6 Å². The van der Waals surface area contributed by atoms with Gasteiger partial charge in [-0.1, -0.05) is 18.5 Å². The number of aliphatic imine (C=N–C) groups is 1. The zero-order chi connectivity index (χ0) is 27.0. The van der Waals surface area contributed by atoms with Gasteiger partial charge in [-0.05, 0) is 73.6 Å². The van der Waals surface area contributed by atoms with Crippen molar-refractivity contribution < 1.29 is 13.9 Å². The number of phenols is 1. The number of rotatable bonds is 6. The van der Waals surface area contributed by atoms with Gasteiger partial charge in [0, 0.05) is 29.9 Å². The summed E-state index contributed by atoms with van der Waals surface area (Å²) in [6.45, 7) is 1.94. The number of nitrogens with one attached hydrogen (secondary N) is 1. The van der Waals surface area contributed by atoms with Crippen molar-refractivity contribution in [3.8, 4) is 16.9 Å². The number of anilines is 1. The molecule has 6 N–H and O–H groups in total. The standard InChI is InChI=1S/C28H29ClF2N6O/c1-2-15-10-26(38)23(31)12-20(15)16-9-25-27(35-19-6-4-18(32)5-7-19)21(13-34-37(25)14-16)28(33)36-24-11-17(30)3-8-22(24)29/h3,8-14,18-19,35,38H,2,4-7,32H2,1H3,(H2,33,36)/t18-,19-. The van der Waals surface area contributed by atoms with Gasteiger partial charge in [-0.25, -0.2) is 18.3 Å². The lowest BCUT2D eigenvalue weighted by atomic mass is 9.91. The number of hydrogen-bond donors (Lipinski definition) is 4. The molecule has 1 aliphatic rings. The van der Waals surface area contributed by atoms with Crippen LogP contribution in [0.4, 0.5) is 20.2 Å². The lowest BCUT2D eigenvalue weighted by Gasteiger charge is -2.28. The van der Waals surface area contributed by atoms with Crippen LogP contribution in [0.5, 0.6) is 5.75 Å². The molecule has 5 rings (SSSR count). The van der Waals surface area contributed by atoms with E-state index in [9.17, 15) is 13.9 Å². The summed E-state index contributed by atoms with van der Waals surface area (Å²) in [7, 11) is 0. The molecule has 0 saturated heterocycles. The molecule has 2 aromatic heterocycles. The molecule has 0 atom stereocenters. The van der Waals surface area contributed by atoms with Gasteiger partial charge in [0.2, 0.25) is 0 Å². The van der Waals surface area contributed by atoms with Crippen molar-refractivity contribution in [3.05, 3.63) is 76.6 Å². The smallest absolute Gasteiger partial charge is 0.165 e. The molecule has 0 bridgehead atoms. The zero-order valence-electron chi connectivity index (χ0n) is 20.9. The third-order valence-corrected chi connectivity index (χ3v) is 7.37. The maximum Gasteiger partial charge on any atom is 0.165 e. The molecule has 2 aromatic carbocycles. The highest BCUT2D eigenvalue weighted by molar-refractivity contribution is 6.33. The predicted octanol–water partition coefficient (Wildman–Crippen LogP) is 5.92. The van der Waals surface area contributed by atoms with Crippen LogP contribution in [0.15, 0.2) is 53.8 Å². The van der Waals surface area contributed by atoms with Gasteiger partial charge < -0.3 is 21.9 Å². The molecule has 0 aliphatic heterocycles. The van der Waals surface area contributed by atoms with Crippen molar-refractivity contribution >= 4 is 34.3 Å². The number of benzene rings is 2. The van der Waals surface area contributed by atoms with Crippen molar-refractivity contribution in [1.82, 2.24) is 9.61 Å². The van der Waals surface area contributed by atoms with Crippen LogP contribution in [0.2, 0.25) is 5.02 Å². The molecule has 38 heavy (non-hydrogen) atoms. The zero-order valence-corrected chi connectivity index (χ0v) is 21.6. The van der Waals surface area contributed by atoms with Crippen LogP contribution < -0.4 is 16.8 Å². The van der Waals surface area contributed by atoms with Crippen molar-refractivity contribution in [2.75, 3.05) is 5.32 Å². The molecule has 2 heterocycles. The molecule has 7 nitrogen and oxygen atoms in total. The molecular formula is C28H29ClF2N6O. The summed E-state index contributed by atoms with van der Waals surface area (Å²) in [5.74, 6) is -1.43. The van der Waals surface area contributed by atoms with E-state index in [-0.39, 0.29) is 34.4 Å². The molecule has 10 heteroatoms. The second-order valence-corrected chi connectivity index (χ2v) is 10.1. The fraction of sp³-hybridized carbons (Fsp3) is 0.286. The third kappa shape index (κ3) is 5.16. The van der Waals surface area contributed by atoms with Gasteiger partial charge in [-0.15, -0.1) is 0 Å². The molecule has 0 amide bonds. The largest absolute Gasteiger partial charge is 0.505 e. The van der Waals surface area contributed by atoms with Gasteiger partial charge >= 0.3 is 0 Å². The summed E-state index contributed by atoms with van der Waals surface area (Å²) >= 11 is 6.23. The minimum absolute atomic E-state index is 0.121. The van der Waals surface area contributed by atoms with Crippen molar-refractivity contribution in [2.45, 2.75) is 51.1 Å². The molecule has 0 spiro atoms. The van der Waals surface area contributed by atoms with E-state index >= 15 is 0 Å². The van der Waals surface area contributed by atoms with Gasteiger partial charge in [-0.3, -0.25) is 0 Å². The summed E-state index contributed by atoms with van der Waals surface area (Å²) in [5.41, 5.74) is 16.9. The molecule has 1 fully saturated rings. The Morgan fingerprint density at radius 2 is 1.95 bits per heavy atom. The number of nitrogens with zero attached hydrogens (tertiary/aromatic N) is 3. The Hall–Kier alpha value is -3.69. The van der Waals surface area contributed by atoms with Gasteiger partial charge in [-0.2, -0.15) is 5.10 Å². The van der Waals surface area contributed by atoms with Crippen LogP contribution in [-0.4, -0.2) is 32.6 Å². The summed E-state index contributed by atoms with van der Waals surface area (Å²) in [5, 5.41) is 18.3. The molecule has 4 aromatic rings. The average Bonchev–Trinajstić information content (AvgIpc) is 3.33. The monoisotopic (exact) mass is 538 g/mol. The van der Waals surface area contributed by atoms with Gasteiger partial charge in [0.1, 0.15) is 11.7 Å². The maximum atomic E-state index is 14.3. The van der Waals surface area contributed by atoms with E-state index in [0.717, 1.165) is 36.8 Å². The first-order valence-electron chi connectivity index (χ1n) is 12.6. The number of aromatic nitrogens is 2. The first-order valence-corrected chi connectivity index (χ1v) is 13.0. The number of aromatic hydroxyl groups is 1. The molecular weight excluding hydrogens is 510 g/mol. The number of phenolic OH excluding ortho intramolecular Hbond substituents is 1. The quantitative estimate of drug-likeness (QED) is 0.180. The topological polar surface area (TPSA) is 114 Å². The molecule has 198 valence electrons. The summed E-state index contributed by atoms with van der Waals surface area (Å²) in [4.78, 5) is 4.41. The number of amidine groups is 1. The van der Waals surface area contributed by atoms with E-state index in [1.54, 1.807) is 10.7 Å². The minimum Gasteiger partial charge on any atom is -0.505 e. The number of halogens is 3. The fourth-order valence-corrected chi connectivity index (χ4v) is 5.11. The van der Waals surface area contributed by atoms with E-state index < -0.39 is 11.6 Å². The predicted molar refractivity (Wildman–Crippen MR) is 147 cm³/mol. The summed E-state index contributed by atoms with van der Waals surface area (Å²) < 4.78 is 29.9. The number of fused-ring (bicyclic) bond motifs is 1. The Labute approximate surface area is 224 Å². The lowest BCUT2D eigenvalue weighted by Crippen LogP contribution is -2.33. The van der Waals surface area contributed by atoms with Gasteiger partial charge in [0.05, 0.1) is 33.7 Å². The SMILES string of the molecule is CCc1cc(O)c(F)cc1-c1cc2c(N[C@H]3CC[C@H](N)CC3)c(/C(N)=N/c3cc(F)ccc3Cl)cnn2c1. The van der Waals surface area contributed by atoms with Crippen LogP contribution in [0.25, 0.3) is 16.6 Å². The third-order valence-electron chi connectivity index (χ3n) is 7.05. The van der Waals surface area contributed by atoms with E-state index in [2.05, 4.69) is 15.4 Å². The summed E-state index contributed by atoms with van der Waals surface area (Å²) in [6, 6.07) is 8.93. The number of hydrogen-bond acceptors (Lipinski definition) is 5. The Balaban J connectivity index is 1.65. The maximum absolute atomic E-state index is 14.3. The molecule has 0 radical (unpaired) electrons. The molecule has 1 aliphatic carbocycles. The number of nitrogens with two attached hydrogens (primary N) is 2. The number of aryl methyl sites for hydroxylation is 1. The van der Waals surface area contributed by atoms with E-state index in [1.165, 1.54) is 30.3 Å². The van der Waals surface area contributed by atoms with E-state index in [1.807, 2.05) is 19.2 Å². The molecule has 0 unspecified atom stereocenters. The van der Waals surface area contributed by atoms with Crippen LogP contribution in [-0.2, 0) is 6.42 Å². The Morgan fingerprint density at radius 3 is 2.68 bits per heavy atom. The van der Waals surface area contributed by atoms with E-state index in [0.29, 0.717) is 28.8 Å². The van der Waals surface area contributed by atoms with Crippen molar-refractivity contribution in [1.29, 1.82) is 0 Å². The Morgan fingerprint density at radius 1 is 1.18 bits per heavy atom. The van der Waals surface area contributed by atoms with Crippen LogP contribution in [0.3, 0.4) is 0 Å². The lowest BCUT2D eigenvalue weighted by molar-refractivity contribution is 0.411. The second kappa shape index (κ2) is 10.6. The van der Waals surface area contributed by atoms with Crippen LogP contribution in [0.1, 0.15) is 43.7 Å². The fourth-order valence-electron chi connectivity index (χ4n) is 4.95. The second-order valence-electron chi connectivity index (χ2n) is 9.65. The summed E-state index contributed by atoms with van der Waals surface area (Å²) in [6.07, 6.45) is 7.58. The highest BCUT2D eigenvalue weighted by Crippen LogP contribution is 2.35. The van der Waals surface area contributed by atoms with Crippen LogP contribution in [0, 0.1) is 11.6 Å². The highest BCUT2D eigenvalue weighted by Gasteiger charge is 2.23. The minimum atomic E-state index is -0.693. The van der Waals surface area contributed by atoms with Gasteiger partial charge in [0.15, 0.2) is 11.6 Å². The average molecular weight is 539 g/mol. The highest BCUT2D eigenvalue weighted by atomic mass is 35.5. The molecule has 1 saturated carbocycles. The van der Waals surface area contributed by atoms with Crippen molar-refractivity contribution in [2.24, 2.45) is 16.5 Å². The first-order chi connectivity index (χ1) is 18.2. The van der Waals surface area contributed by atoms with Gasteiger partial charge in [0.25, 0.3) is 0 Å². The van der Waals surface area contributed by atoms with E-state index in [4.69, 9.17) is 23.1 Å². The van der Waals surface area contributed by atoms with Crippen molar-refractivity contribution in [3.63, 3.8) is 0 Å². The normalized spacial score (nSPS) is 18.2.